The van der Waals surface area contributed by atoms with Gasteiger partial charge in [-0.3, -0.25) is 14.4 Å². The minimum atomic E-state index is -0.276. The Labute approximate surface area is 122 Å². The van der Waals surface area contributed by atoms with Gasteiger partial charge < -0.3 is 0 Å². The van der Waals surface area contributed by atoms with Crippen LogP contribution in [-0.2, 0) is 9.59 Å². The first kappa shape index (κ1) is 14.7. The zero-order chi connectivity index (χ0) is 15.4. The van der Waals surface area contributed by atoms with Crippen LogP contribution in [-0.4, -0.2) is 17.3 Å². The molecule has 0 spiro atoms. The van der Waals surface area contributed by atoms with Crippen LogP contribution >= 0.6 is 0 Å². The molecule has 0 radical (unpaired) electrons. The Hall–Kier alpha value is -2.69. The van der Waals surface area contributed by atoms with Crippen LogP contribution in [0.3, 0.4) is 0 Å². The summed E-state index contributed by atoms with van der Waals surface area (Å²) >= 11 is 0. The molecule has 1 aromatic rings. The summed E-state index contributed by atoms with van der Waals surface area (Å²) in [6.45, 7) is 5.13. The molecule has 1 aliphatic rings. The normalized spacial score (nSPS) is 15.7. The second-order valence-corrected chi connectivity index (χ2v) is 4.81. The lowest BCUT2D eigenvalue weighted by atomic mass is 9.90. The molecule has 0 atom stereocenters. The standard InChI is InChI=1S/C16H14N2O3/c1-10-7-15(20)14(16(21)8-10)9-17-18-13-5-3-12(4-6-13)11(2)19/h3-6,9H,1,7-8H2,2H3. The molecule has 0 amide bonds. The predicted octanol–water partition coefficient (Wildman–Crippen LogP) is 3.35. The summed E-state index contributed by atoms with van der Waals surface area (Å²) in [5.41, 5.74) is 1.81. The number of Topliss-reactive ketones (excluding diaryl/α,β-unsaturated/α-hetero) is 3. The van der Waals surface area contributed by atoms with Crippen LogP contribution in [0.15, 0.2) is 58.4 Å². The number of nitrogens with zero attached hydrogens (tertiary/aromatic N) is 2. The van der Waals surface area contributed by atoms with Crippen LogP contribution in [0.1, 0.15) is 30.1 Å². The van der Waals surface area contributed by atoms with E-state index in [2.05, 4.69) is 16.8 Å². The Kier molecular flexibility index (Phi) is 4.33. The van der Waals surface area contributed by atoms with Crippen LogP contribution in [0.4, 0.5) is 5.69 Å². The molecule has 5 nitrogen and oxygen atoms in total. The van der Waals surface area contributed by atoms with Crippen molar-refractivity contribution < 1.29 is 14.4 Å². The average molecular weight is 282 g/mol. The smallest absolute Gasteiger partial charge is 0.172 e. The lowest BCUT2D eigenvalue weighted by Gasteiger charge is -2.12. The second-order valence-electron chi connectivity index (χ2n) is 4.81. The first-order chi connectivity index (χ1) is 9.97. The SMILES string of the molecule is C=C1CC(=O)C(=CN=Nc2ccc(C(C)=O)cc2)C(=O)C1. The van der Waals surface area contributed by atoms with E-state index in [0.717, 1.165) is 0 Å². The van der Waals surface area contributed by atoms with E-state index in [1.807, 2.05) is 0 Å². The lowest BCUT2D eigenvalue weighted by Crippen LogP contribution is -2.19. The number of hydrogen-bond acceptors (Lipinski definition) is 5. The van der Waals surface area contributed by atoms with E-state index >= 15 is 0 Å². The van der Waals surface area contributed by atoms with Crippen LogP contribution in [0.2, 0.25) is 0 Å². The number of hydrogen-bond donors (Lipinski definition) is 0. The molecule has 21 heavy (non-hydrogen) atoms. The fourth-order valence-electron chi connectivity index (χ4n) is 1.92. The number of ketones is 3. The summed E-state index contributed by atoms with van der Waals surface area (Å²) in [7, 11) is 0. The molecule has 0 saturated heterocycles. The van der Waals surface area contributed by atoms with Crippen molar-refractivity contribution in [3.05, 3.63) is 53.8 Å². The summed E-state index contributed by atoms with van der Waals surface area (Å²) in [5, 5.41) is 7.67. The number of allylic oxidation sites excluding steroid dienone is 2. The van der Waals surface area contributed by atoms with E-state index in [1.54, 1.807) is 24.3 Å². The van der Waals surface area contributed by atoms with Crippen molar-refractivity contribution in [2.24, 2.45) is 10.2 Å². The van der Waals surface area contributed by atoms with Crippen LogP contribution in [0, 0.1) is 0 Å². The Morgan fingerprint density at radius 1 is 1.14 bits per heavy atom. The highest BCUT2D eigenvalue weighted by Crippen LogP contribution is 2.21. The zero-order valence-electron chi connectivity index (χ0n) is 11.6. The van der Waals surface area contributed by atoms with Gasteiger partial charge in [-0.1, -0.05) is 12.2 Å². The quantitative estimate of drug-likeness (QED) is 0.280. The Morgan fingerprint density at radius 2 is 1.71 bits per heavy atom. The van der Waals surface area contributed by atoms with Crippen molar-refractivity contribution in [1.82, 2.24) is 0 Å². The van der Waals surface area contributed by atoms with Gasteiger partial charge in [0, 0.05) is 18.4 Å². The average Bonchev–Trinajstić information content (AvgIpc) is 2.42. The maximum atomic E-state index is 11.7. The maximum Gasteiger partial charge on any atom is 0.172 e. The lowest BCUT2D eigenvalue weighted by molar-refractivity contribution is -0.122. The molecular weight excluding hydrogens is 268 g/mol. The number of carbonyl (C=O) groups is 3. The van der Waals surface area contributed by atoms with Gasteiger partial charge in [-0.2, -0.15) is 10.2 Å². The number of benzene rings is 1. The first-order valence-corrected chi connectivity index (χ1v) is 6.42. The monoisotopic (exact) mass is 282 g/mol. The zero-order valence-corrected chi connectivity index (χ0v) is 11.6. The van der Waals surface area contributed by atoms with Gasteiger partial charge in [0.2, 0.25) is 0 Å². The van der Waals surface area contributed by atoms with Gasteiger partial charge in [0.15, 0.2) is 17.3 Å². The topological polar surface area (TPSA) is 75.9 Å². The molecule has 0 heterocycles. The molecule has 1 aromatic carbocycles. The highest BCUT2D eigenvalue weighted by atomic mass is 16.2. The van der Waals surface area contributed by atoms with Crippen molar-refractivity contribution in [3.63, 3.8) is 0 Å². The maximum absolute atomic E-state index is 11.7. The van der Waals surface area contributed by atoms with E-state index in [1.165, 1.54) is 13.1 Å². The number of azo groups is 1. The van der Waals surface area contributed by atoms with Crippen molar-refractivity contribution >= 4 is 23.0 Å². The van der Waals surface area contributed by atoms with E-state index in [-0.39, 0.29) is 35.8 Å². The summed E-state index contributed by atoms with van der Waals surface area (Å²) in [6, 6.07) is 6.58. The molecule has 2 rings (SSSR count). The third-order valence-corrected chi connectivity index (χ3v) is 3.06. The van der Waals surface area contributed by atoms with Crippen LogP contribution < -0.4 is 0 Å². The van der Waals surface area contributed by atoms with Gasteiger partial charge in [-0.05, 0) is 31.2 Å². The summed E-state index contributed by atoms with van der Waals surface area (Å²) < 4.78 is 0. The summed E-state index contributed by atoms with van der Waals surface area (Å²) in [5.74, 6) is -0.580. The predicted molar refractivity (Wildman–Crippen MR) is 77.4 cm³/mol. The number of carbonyl (C=O) groups excluding carboxylic acids is 3. The fraction of sp³-hybridized carbons (Fsp3) is 0.188. The highest BCUT2D eigenvalue weighted by Gasteiger charge is 2.25. The largest absolute Gasteiger partial charge is 0.295 e. The number of rotatable bonds is 3. The van der Waals surface area contributed by atoms with Crippen molar-refractivity contribution in [2.75, 3.05) is 0 Å². The molecule has 0 bridgehead atoms. The van der Waals surface area contributed by atoms with Gasteiger partial charge in [-0.15, -0.1) is 0 Å². The van der Waals surface area contributed by atoms with E-state index in [0.29, 0.717) is 16.8 Å². The van der Waals surface area contributed by atoms with Crippen molar-refractivity contribution in [2.45, 2.75) is 19.8 Å². The van der Waals surface area contributed by atoms with Gasteiger partial charge in [-0.25, -0.2) is 0 Å². The summed E-state index contributed by atoms with van der Waals surface area (Å²) in [6.07, 6.45) is 1.55. The van der Waals surface area contributed by atoms with Crippen LogP contribution in [0.25, 0.3) is 0 Å². The van der Waals surface area contributed by atoms with E-state index in [9.17, 15) is 14.4 Å². The highest BCUT2D eigenvalue weighted by molar-refractivity contribution is 6.23. The van der Waals surface area contributed by atoms with Gasteiger partial charge in [0.1, 0.15) is 0 Å². The van der Waals surface area contributed by atoms with Gasteiger partial charge in [0.05, 0.1) is 17.5 Å². The van der Waals surface area contributed by atoms with Crippen molar-refractivity contribution in [3.8, 4) is 0 Å². The Bertz CT molecular complexity index is 660. The van der Waals surface area contributed by atoms with Crippen molar-refractivity contribution in [1.29, 1.82) is 0 Å². The molecule has 1 fully saturated rings. The third-order valence-electron chi connectivity index (χ3n) is 3.06. The molecule has 0 aromatic heterocycles. The molecule has 1 aliphatic carbocycles. The Balaban J connectivity index is 2.12. The molecular formula is C16H14N2O3. The molecule has 0 aliphatic heterocycles. The molecule has 5 heteroatoms. The van der Waals surface area contributed by atoms with Gasteiger partial charge >= 0.3 is 0 Å². The van der Waals surface area contributed by atoms with E-state index < -0.39 is 0 Å². The van der Waals surface area contributed by atoms with Gasteiger partial charge in [0.25, 0.3) is 0 Å². The second kappa shape index (κ2) is 6.17. The molecule has 106 valence electrons. The molecule has 1 saturated carbocycles. The molecule has 0 unspecified atom stereocenters. The molecule has 0 N–H and O–H groups in total. The minimum Gasteiger partial charge on any atom is -0.295 e. The third kappa shape index (κ3) is 3.66. The first-order valence-electron chi connectivity index (χ1n) is 6.42. The van der Waals surface area contributed by atoms with Crippen LogP contribution in [0.5, 0.6) is 0 Å². The fourth-order valence-corrected chi connectivity index (χ4v) is 1.92. The summed E-state index contributed by atoms with van der Waals surface area (Å²) in [4.78, 5) is 34.5. The van der Waals surface area contributed by atoms with E-state index in [4.69, 9.17) is 0 Å². The Morgan fingerprint density at radius 3 is 2.24 bits per heavy atom. The minimum absolute atomic E-state index is 0.0285.